The molecule has 0 aromatic carbocycles. The first-order chi connectivity index (χ1) is 5.65. The van der Waals surface area contributed by atoms with Gasteiger partial charge >= 0.3 is 5.00 Å². The van der Waals surface area contributed by atoms with Crippen LogP contribution in [0.25, 0.3) is 0 Å². The molecule has 1 atom stereocenters. The van der Waals surface area contributed by atoms with Crippen molar-refractivity contribution in [3.8, 4) is 0 Å². The van der Waals surface area contributed by atoms with E-state index in [9.17, 15) is 10.1 Å². The molecule has 0 unspecified atom stereocenters. The van der Waals surface area contributed by atoms with Gasteiger partial charge in [-0.3, -0.25) is 10.1 Å². The first-order valence-corrected chi connectivity index (χ1v) is 4.09. The highest BCUT2D eigenvalue weighted by atomic mass is 32.1. The molecule has 0 spiro atoms. The number of thiophene rings is 1. The lowest BCUT2D eigenvalue weighted by atomic mass is 10.2. The summed E-state index contributed by atoms with van der Waals surface area (Å²) in [6.07, 6.45) is 1.55. The highest BCUT2D eigenvalue weighted by Crippen LogP contribution is 2.27. The van der Waals surface area contributed by atoms with E-state index in [4.69, 9.17) is 5.73 Å². The van der Waals surface area contributed by atoms with Gasteiger partial charge < -0.3 is 5.73 Å². The Hall–Kier alpha value is -1.20. The van der Waals surface area contributed by atoms with Crippen LogP contribution in [0.1, 0.15) is 10.9 Å². The summed E-state index contributed by atoms with van der Waals surface area (Å²) < 4.78 is 0. The number of rotatable bonds is 3. The maximum absolute atomic E-state index is 10.3. The number of nitrogens with zero attached hydrogens (tertiary/aromatic N) is 1. The van der Waals surface area contributed by atoms with Crippen molar-refractivity contribution < 1.29 is 4.92 Å². The Morgan fingerprint density at radius 3 is 2.83 bits per heavy atom. The molecular weight excluding hydrogens is 176 g/mol. The van der Waals surface area contributed by atoms with Crippen LogP contribution in [0.5, 0.6) is 0 Å². The van der Waals surface area contributed by atoms with Gasteiger partial charge in [0.05, 0.1) is 11.0 Å². The lowest BCUT2D eigenvalue weighted by molar-refractivity contribution is -0.380. The molecule has 0 aliphatic carbocycles. The van der Waals surface area contributed by atoms with Gasteiger partial charge in [-0.2, -0.15) is 0 Å². The summed E-state index contributed by atoms with van der Waals surface area (Å²) in [5, 5.41) is 10.4. The van der Waals surface area contributed by atoms with Crippen LogP contribution in [0, 0.1) is 10.1 Å². The van der Waals surface area contributed by atoms with Crippen molar-refractivity contribution in [1.29, 1.82) is 0 Å². The van der Waals surface area contributed by atoms with Crippen molar-refractivity contribution >= 4 is 16.3 Å². The third kappa shape index (κ3) is 1.69. The Bertz CT molecular complexity index is 308. The second-order valence-electron chi connectivity index (χ2n) is 2.19. The minimum atomic E-state index is -0.427. The summed E-state index contributed by atoms with van der Waals surface area (Å²) in [6, 6.07) is 2.79. The summed E-state index contributed by atoms with van der Waals surface area (Å²) in [5.74, 6) is 0. The number of nitro groups is 1. The molecule has 1 aromatic rings. The van der Waals surface area contributed by atoms with Gasteiger partial charge in [-0.25, -0.2) is 0 Å². The van der Waals surface area contributed by atoms with E-state index in [0.717, 1.165) is 16.2 Å². The topological polar surface area (TPSA) is 69.2 Å². The largest absolute Gasteiger partial charge is 0.324 e. The molecule has 0 bridgehead atoms. The maximum Gasteiger partial charge on any atom is 0.324 e. The zero-order valence-corrected chi connectivity index (χ0v) is 7.08. The zero-order chi connectivity index (χ0) is 9.14. The van der Waals surface area contributed by atoms with Crippen LogP contribution in [0.15, 0.2) is 24.8 Å². The lowest BCUT2D eigenvalue weighted by Crippen LogP contribution is -2.03. The third-order valence-corrected chi connectivity index (χ3v) is 2.51. The van der Waals surface area contributed by atoms with Crippen LogP contribution >= 0.6 is 11.3 Å². The molecule has 1 aromatic heterocycles. The Kier molecular flexibility index (Phi) is 2.57. The summed E-state index contributed by atoms with van der Waals surface area (Å²) in [4.78, 5) is 10.6. The molecule has 1 heterocycles. The number of nitrogens with two attached hydrogens (primary N) is 1. The van der Waals surface area contributed by atoms with Crippen LogP contribution in [0.4, 0.5) is 5.00 Å². The molecule has 4 nitrogen and oxygen atoms in total. The SMILES string of the molecule is C=C[C@@H](N)c1ccc([N+](=O)[O-])s1. The van der Waals surface area contributed by atoms with Crippen molar-refractivity contribution in [3.05, 3.63) is 39.8 Å². The van der Waals surface area contributed by atoms with Crippen molar-refractivity contribution in [3.63, 3.8) is 0 Å². The Labute approximate surface area is 73.5 Å². The van der Waals surface area contributed by atoms with Crippen molar-refractivity contribution in [2.24, 2.45) is 5.73 Å². The van der Waals surface area contributed by atoms with Crippen molar-refractivity contribution in [1.82, 2.24) is 0 Å². The average molecular weight is 184 g/mol. The fraction of sp³-hybridized carbons (Fsp3) is 0.143. The predicted molar refractivity (Wildman–Crippen MR) is 48.1 cm³/mol. The van der Waals surface area contributed by atoms with E-state index >= 15 is 0 Å². The average Bonchev–Trinajstić information content (AvgIpc) is 2.51. The van der Waals surface area contributed by atoms with E-state index in [1.54, 1.807) is 12.1 Å². The lowest BCUT2D eigenvalue weighted by Gasteiger charge is -1.98. The molecule has 0 aliphatic heterocycles. The van der Waals surface area contributed by atoms with Crippen LogP contribution in [-0.4, -0.2) is 4.92 Å². The minimum Gasteiger partial charge on any atom is -0.320 e. The van der Waals surface area contributed by atoms with E-state index in [-0.39, 0.29) is 11.0 Å². The van der Waals surface area contributed by atoms with E-state index in [2.05, 4.69) is 6.58 Å². The smallest absolute Gasteiger partial charge is 0.320 e. The normalized spacial score (nSPS) is 12.4. The molecular formula is C7H8N2O2S. The monoisotopic (exact) mass is 184 g/mol. The molecule has 0 radical (unpaired) electrons. The fourth-order valence-electron chi connectivity index (χ4n) is 0.736. The van der Waals surface area contributed by atoms with E-state index < -0.39 is 4.92 Å². The Morgan fingerprint density at radius 1 is 1.75 bits per heavy atom. The molecule has 64 valence electrons. The van der Waals surface area contributed by atoms with Gasteiger partial charge in [0.25, 0.3) is 0 Å². The summed E-state index contributed by atoms with van der Waals surface area (Å²) in [7, 11) is 0. The summed E-state index contributed by atoms with van der Waals surface area (Å²) in [5.41, 5.74) is 5.58. The molecule has 2 N–H and O–H groups in total. The molecule has 1 rings (SSSR count). The van der Waals surface area contributed by atoms with Crippen LogP contribution in [0.2, 0.25) is 0 Å². The molecule has 0 aliphatic rings. The molecule has 0 amide bonds. The second-order valence-corrected chi connectivity index (χ2v) is 3.29. The van der Waals surface area contributed by atoms with Crippen LogP contribution in [0.3, 0.4) is 0 Å². The Morgan fingerprint density at radius 2 is 2.42 bits per heavy atom. The number of hydrogen-bond donors (Lipinski definition) is 1. The van der Waals surface area contributed by atoms with E-state index in [1.807, 2.05) is 0 Å². The standard InChI is InChI=1S/C7H8N2O2S/c1-2-5(8)6-3-4-7(12-6)9(10)11/h2-5H,1,8H2/t5-/m1/s1. The first-order valence-electron chi connectivity index (χ1n) is 3.27. The maximum atomic E-state index is 10.3. The number of hydrogen-bond acceptors (Lipinski definition) is 4. The van der Waals surface area contributed by atoms with Gasteiger partial charge in [0.2, 0.25) is 0 Å². The van der Waals surface area contributed by atoms with Crippen LogP contribution < -0.4 is 5.73 Å². The summed E-state index contributed by atoms with van der Waals surface area (Å²) in [6.45, 7) is 3.50. The highest BCUT2D eigenvalue weighted by Gasteiger charge is 2.12. The molecule has 0 fully saturated rings. The fourth-order valence-corrected chi connectivity index (χ4v) is 1.56. The highest BCUT2D eigenvalue weighted by molar-refractivity contribution is 7.15. The van der Waals surface area contributed by atoms with Gasteiger partial charge in [-0.05, 0) is 6.07 Å². The second kappa shape index (κ2) is 3.46. The summed E-state index contributed by atoms with van der Waals surface area (Å²) >= 11 is 1.08. The molecule has 0 saturated carbocycles. The minimum absolute atomic E-state index is 0.113. The zero-order valence-electron chi connectivity index (χ0n) is 6.27. The molecule has 12 heavy (non-hydrogen) atoms. The van der Waals surface area contributed by atoms with Gasteiger partial charge in [0.1, 0.15) is 0 Å². The molecule has 0 saturated heterocycles. The van der Waals surface area contributed by atoms with Crippen molar-refractivity contribution in [2.75, 3.05) is 0 Å². The van der Waals surface area contributed by atoms with Crippen molar-refractivity contribution in [2.45, 2.75) is 6.04 Å². The Balaban J connectivity index is 2.91. The third-order valence-electron chi connectivity index (χ3n) is 1.38. The molecule has 5 heteroatoms. The first kappa shape index (κ1) is 8.89. The van der Waals surface area contributed by atoms with Gasteiger partial charge in [0, 0.05) is 10.9 Å². The van der Waals surface area contributed by atoms with E-state index in [0.29, 0.717) is 0 Å². The predicted octanol–water partition coefficient (Wildman–Crippen LogP) is 1.84. The van der Waals surface area contributed by atoms with Crippen LogP contribution in [-0.2, 0) is 0 Å². The van der Waals surface area contributed by atoms with E-state index in [1.165, 1.54) is 6.07 Å². The van der Waals surface area contributed by atoms with Gasteiger partial charge in [-0.1, -0.05) is 17.4 Å². The quantitative estimate of drug-likeness (QED) is 0.442. The van der Waals surface area contributed by atoms with Gasteiger partial charge in [0.15, 0.2) is 0 Å². The van der Waals surface area contributed by atoms with Gasteiger partial charge in [-0.15, -0.1) is 6.58 Å².